The molecule has 2 rings (SSSR count). The summed E-state index contributed by atoms with van der Waals surface area (Å²) < 4.78 is 18.6. The number of hydrogen-bond acceptors (Lipinski definition) is 2. The predicted molar refractivity (Wildman–Crippen MR) is 65.4 cm³/mol. The molecule has 0 radical (unpaired) electrons. The van der Waals surface area contributed by atoms with Gasteiger partial charge < -0.3 is 9.73 Å². The van der Waals surface area contributed by atoms with E-state index in [0.717, 1.165) is 23.5 Å². The molecular formula is C14H16FNO. The van der Waals surface area contributed by atoms with Gasteiger partial charge in [0.1, 0.15) is 17.3 Å². The third kappa shape index (κ3) is 2.56. The van der Waals surface area contributed by atoms with Gasteiger partial charge in [0.15, 0.2) is 0 Å². The van der Waals surface area contributed by atoms with Gasteiger partial charge in [-0.1, -0.05) is 19.1 Å². The third-order valence-electron chi connectivity index (χ3n) is 2.81. The molecular weight excluding hydrogens is 217 g/mol. The van der Waals surface area contributed by atoms with Gasteiger partial charge in [0, 0.05) is 6.42 Å². The van der Waals surface area contributed by atoms with Gasteiger partial charge in [-0.15, -0.1) is 0 Å². The van der Waals surface area contributed by atoms with Crippen molar-refractivity contribution in [2.45, 2.75) is 19.4 Å². The largest absolute Gasteiger partial charge is 0.464 e. The second-order valence-corrected chi connectivity index (χ2v) is 3.93. The fourth-order valence-electron chi connectivity index (χ4n) is 1.87. The van der Waals surface area contributed by atoms with Gasteiger partial charge in [-0.2, -0.15) is 0 Å². The van der Waals surface area contributed by atoms with Crippen LogP contribution in [0.3, 0.4) is 0 Å². The zero-order valence-electron chi connectivity index (χ0n) is 10.0. The van der Waals surface area contributed by atoms with Crippen LogP contribution in [0.5, 0.6) is 0 Å². The molecule has 0 spiro atoms. The van der Waals surface area contributed by atoms with Crippen LogP contribution in [0.4, 0.5) is 4.39 Å². The summed E-state index contributed by atoms with van der Waals surface area (Å²) in [7, 11) is 1.86. The highest BCUT2D eigenvalue weighted by Crippen LogP contribution is 2.24. The SMILES string of the molecule is CCc1ccc(C(NC)c2ccc(F)cc2)o1. The Morgan fingerprint density at radius 2 is 1.88 bits per heavy atom. The molecule has 2 nitrogen and oxygen atoms in total. The van der Waals surface area contributed by atoms with Gasteiger partial charge in [0.25, 0.3) is 0 Å². The summed E-state index contributed by atoms with van der Waals surface area (Å²) in [6.07, 6.45) is 0.875. The van der Waals surface area contributed by atoms with Crippen LogP contribution in [-0.4, -0.2) is 7.05 Å². The Morgan fingerprint density at radius 1 is 1.18 bits per heavy atom. The highest BCUT2D eigenvalue weighted by Gasteiger charge is 2.15. The standard InChI is InChI=1S/C14H16FNO/c1-3-12-8-9-13(17-12)14(16-2)10-4-6-11(15)7-5-10/h4-9,14,16H,3H2,1-2H3. The number of rotatable bonds is 4. The highest BCUT2D eigenvalue weighted by molar-refractivity contribution is 5.27. The second-order valence-electron chi connectivity index (χ2n) is 3.93. The van der Waals surface area contributed by atoms with Crippen molar-refractivity contribution in [2.75, 3.05) is 7.05 Å². The summed E-state index contributed by atoms with van der Waals surface area (Å²) >= 11 is 0. The molecule has 17 heavy (non-hydrogen) atoms. The van der Waals surface area contributed by atoms with Crippen molar-refractivity contribution in [3.63, 3.8) is 0 Å². The first-order valence-electron chi connectivity index (χ1n) is 5.76. The van der Waals surface area contributed by atoms with Crippen molar-refractivity contribution in [1.82, 2.24) is 5.32 Å². The van der Waals surface area contributed by atoms with Crippen molar-refractivity contribution in [3.05, 3.63) is 59.3 Å². The summed E-state index contributed by atoms with van der Waals surface area (Å²) in [5.74, 6) is 1.59. The van der Waals surface area contributed by atoms with Crippen LogP contribution in [0.1, 0.15) is 30.0 Å². The lowest BCUT2D eigenvalue weighted by atomic mass is 10.1. The smallest absolute Gasteiger partial charge is 0.125 e. The Labute approximate surface area is 100 Å². The summed E-state index contributed by atoms with van der Waals surface area (Å²) in [5.41, 5.74) is 0.992. The van der Waals surface area contributed by atoms with Crippen molar-refractivity contribution in [1.29, 1.82) is 0 Å². The number of aryl methyl sites for hydroxylation is 1. The topological polar surface area (TPSA) is 25.2 Å². The molecule has 0 aliphatic rings. The highest BCUT2D eigenvalue weighted by atomic mass is 19.1. The molecule has 1 heterocycles. The van der Waals surface area contributed by atoms with Crippen LogP contribution in [0.2, 0.25) is 0 Å². The number of benzene rings is 1. The lowest BCUT2D eigenvalue weighted by molar-refractivity contribution is 0.433. The van der Waals surface area contributed by atoms with Gasteiger partial charge in [-0.3, -0.25) is 0 Å². The minimum Gasteiger partial charge on any atom is -0.464 e. The molecule has 0 aliphatic carbocycles. The Bertz CT molecular complexity index is 475. The van der Waals surface area contributed by atoms with E-state index < -0.39 is 0 Å². The molecule has 0 aliphatic heterocycles. The van der Waals surface area contributed by atoms with Gasteiger partial charge in [-0.25, -0.2) is 4.39 Å². The molecule has 1 aromatic heterocycles. The fourth-order valence-corrected chi connectivity index (χ4v) is 1.87. The monoisotopic (exact) mass is 233 g/mol. The van der Waals surface area contributed by atoms with E-state index in [2.05, 4.69) is 12.2 Å². The van der Waals surface area contributed by atoms with Crippen molar-refractivity contribution >= 4 is 0 Å². The zero-order valence-corrected chi connectivity index (χ0v) is 10.0. The van der Waals surface area contributed by atoms with Gasteiger partial charge in [-0.05, 0) is 36.9 Å². The lowest BCUT2D eigenvalue weighted by Gasteiger charge is -2.14. The van der Waals surface area contributed by atoms with E-state index in [0.29, 0.717) is 0 Å². The van der Waals surface area contributed by atoms with Crippen molar-refractivity contribution in [2.24, 2.45) is 0 Å². The molecule has 0 bridgehead atoms. The second kappa shape index (κ2) is 5.15. The third-order valence-corrected chi connectivity index (χ3v) is 2.81. The van der Waals surface area contributed by atoms with Gasteiger partial charge in [0.2, 0.25) is 0 Å². The Kier molecular flexibility index (Phi) is 3.59. The zero-order chi connectivity index (χ0) is 12.3. The average Bonchev–Trinajstić information content (AvgIpc) is 2.81. The Hall–Kier alpha value is -1.61. The molecule has 1 atom stereocenters. The summed E-state index contributed by atoms with van der Waals surface area (Å²) in [6.45, 7) is 2.05. The van der Waals surface area contributed by atoms with Crippen LogP contribution in [0.15, 0.2) is 40.8 Å². The quantitative estimate of drug-likeness (QED) is 0.876. The lowest BCUT2D eigenvalue weighted by Crippen LogP contribution is -2.16. The molecule has 0 amide bonds. The maximum absolute atomic E-state index is 12.9. The fraction of sp³-hybridized carbons (Fsp3) is 0.286. The van der Waals surface area contributed by atoms with E-state index in [1.807, 2.05) is 19.2 Å². The van der Waals surface area contributed by atoms with Gasteiger partial charge in [0.05, 0.1) is 6.04 Å². The minimum absolute atomic E-state index is 0.0316. The maximum Gasteiger partial charge on any atom is 0.125 e. The molecule has 0 saturated carbocycles. The number of halogens is 1. The minimum atomic E-state index is -0.225. The van der Waals surface area contributed by atoms with Gasteiger partial charge >= 0.3 is 0 Å². The normalized spacial score (nSPS) is 12.6. The van der Waals surface area contributed by atoms with Crippen LogP contribution in [0.25, 0.3) is 0 Å². The maximum atomic E-state index is 12.9. The van der Waals surface area contributed by atoms with Crippen LogP contribution in [-0.2, 0) is 6.42 Å². The summed E-state index contributed by atoms with van der Waals surface area (Å²) in [6, 6.07) is 10.4. The molecule has 1 unspecified atom stereocenters. The first-order chi connectivity index (χ1) is 8.24. The molecule has 3 heteroatoms. The van der Waals surface area contributed by atoms with Crippen molar-refractivity contribution in [3.8, 4) is 0 Å². The van der Waals surface area contributed by atoms with E-state index in [1.54, 1.807) is 12.1 Å². The Balaban J connectivity index is 2.29. The van der Waals surface area contributed by atoms with Crippen molar-refractivity contribution < 1.29 is 8.81 Å². The molecule has 2 aromatic rings. The number of nitrogens with one attached hydrogen (secondary N) is 1. The predicted octanol–water partition coefficient (Wildman–Crippen LogP) is 3.29. The first kappa shape index (κ1) is 11.9. The van der Waals surface area contributed by atoms with Crippen LogP contribution in [0, 0.1) is 5.82 Å². The van der Waals surface area contributed by atoms with E-state index in [-0.39, 0.29) is 11.9 Å². The summed E-state index contributed by atoms with van der Waals surface area (Å²) in [4.78, 5) is 0. The molecule has 0 fully saturated rings. The molecule has 90 valence electrons. The number of furan rings is 1. The van der Waals surface area contributed by atoms with Crippen LogP contribution < -0.4 is 5.32 Å². The molecule has 1 N–H and O–H groups in total. The average molecular weight is 233 g/mol. The molecule has 0 saturated heterocycles. The van der Waals surface area contributed by atoms with E-state index in [4.69, 9.17) is 4.42 Å². The van der Waals surface area contributed by atoms with Crippen LogP contribution >= 0.6 is 0 Å². The van der Waals surface area contributed by atoms with E-state index in [1.165, 1.54) is 12.1 Å². The summed E-state index contributed by atoms with van der Waals surface area (Å²) in [5, 5.41) is 3.18. The first-order valence-corrected chi connectivity index (χ1v) is 5.76. The molecule has 1 aromatic carbocycles. The Morgan fingerprint density at radius 3 is 2.41 bits per heavy atom. The van der Waals surface area contributed by atoms with E-state index >= 15 is 0 Å². The van der Waals surface area contributed by atoms with E-state index in [9.17, 15) is 4.39 Å². The number of hydrogen-bond donors (Lipinski definition) is 1.